The molecule has 4 aromatic rings. The summed E-state index contributed by atoms with van der Waals surface area (Å²) in [7, 11) is 1.54. The molecule has 0 saturated heterocycles. The number of methoxy groups -OCH3 is 1. The van der Waals surface area contributed by atoms with Crippen LogP contribution in [0.25, 0.3) is 16.8 Å². The average molecular weight is 397 g/mol. The Hall–Kier alpha value is -3.75. The largest absolute Gasteiger partial charge is 0.496 e. The second kappa shape index (κ2) is 7.34. The zero-order chi connectivity index (χ0) is 20.5. The van der Waals surface area contributed by atoms with Crippen LogP contribution in [-0.2, 0) is 6.54 Å². The number of aryl methyl sites for hydroxylation is 1. The van der Waals surface area contributed by atoms with Crippen LogP contribution in [0.5, 0.6) is 5.75 Å². The first-order chi connectivity index (χ1) is 14.0. The Balaban J connectivity index is 1.73. The summed E-state index contributed by atoms with van der Waals surface area (Å²) in [5.41, 5.74) is 2.07. The lowest BCUT2D eigenvalue weighted by Gasteiger charge is -2.09. The molecule has 148 valence electrons. The second-order valence-corrected chi connectivity index (χ2v) is 6.48. The first-order valence-corrected chi connectivity index (χ1v) is 8.75. The van der Waals surface area contributed by atoms with E-state index in [2.05, 4.69) is 15.3 Å². The fourth-order valence-electron chi connectivity index (χ4n) is 3.18. The minimum atomic E-state index is -0.697. The van der Waals surface area contributed by atoms with Crippen molar-refractivity contribution in [3.63, 3.8) is 0 Å². The monoisotopic (exact) mass is 397 g/mol. The standard InChI is InChI=1S/C20H17F2N5O2/c1-12-25-27(20(28)26(12)11-13-5-15(21)7-16(22)6-13)17-3-4-18(19(8-17)29-2)14-9-23-24-10-14/h3-10H,11H2,1-2H3,(H,23,24). The van der Waals surface area contributed by atoms with Crippen LogP contribution in [0.2, 0.25) is 0 Å². The van der Waals surface area contributed by atoms with Crippen LogP contribution in [0.1, 0.15) is 11.4 Å². The maximum Gasteiger partial charge on any atom is 0.351 e. The van der Waals surface area contributed by atoms with Crippen LogP contribution in [-0.4, -0.2) is 31.7 Å². The molecule has 2 aromatic heterocycles. The molecule has 0 aliphatic carbocycles. The van der Waals surface area contributed by atoms with Gasteiger partial charge in [0, 0.05) is 29.5 Å². The molecule has 0 fully saturated rings. The first-order valence-electron chi connectivity index (χ1n) is 8.75. The molecular formula is C20H17F2N5O2. The molecule has 0 aliphatic heterocycles. The van der Waals surface area contributed by atoms with Crippen LogP contribution >= 0.6 is 0 Å². The molecule has 0 saturated carbocycles. The average Bonchev–Trinajstić information content (AvgIpc) is 3.31. The Morgan fingerprint density at radius 1 is 1.14 bits per heavy atom. The van der Waals surface area contributed by atoms with Gasteiger partial charge in [0.1, 0.15) is 23.2 Å². The van der Waals surface area contributed by atoms with Gasteiger partial charge in [-0.15, -0.1) is 0 Å². The lowest BCUT2D eigenvalue weighted by Crippen LogP contribution is -2.24. The lowest BCUT2D eigenvalue weighted by molar-refractivity contribution is 0.416. The number of halogens is 2. The van der Waals surface area contributed by atoms with E-state index in [0.29, 0.717) is 22.8 Å². The van der Waals surface area contributed by atoms with E-state index in [0.717, 1.165) is 17.2 Å². The Morgan fingerprint density at radius 2 is 1.90 bits per heavy atom. The number of rotatable bonds is 5. The van der Waals surface area contributed by atoms with Gasteiger partial charge in [-0.25, -0.2) is 13.6 Å². The number of nitrogens with zero attached hydrogens (tertiary/aromatic N) is 4. The highest BCUT2D eigenvalue weighted by molar-refractivity contribution is 5.71. The van der Waals surface area contributed by atoms with Crippen LogP contribution in [0.4, 0.5) is 8.78 Å². The van der Waals surface area contributed by atoms with Gasteiger partial charge in [0.15, 0.2) is 0 Å². The van der Waals surface area contributed by atoms with Gasteiger partial charge in [0.25, 0.3) is 0 Å². The highest BCUT2D eigenvalue weighted by atomic mass is 19.1. The third kappa shape index (κ3) is 3.54. The molecule has 0 amide bonds. The summed E-state index contributed by atoms with van der Waals surface area (Å²) >= 11 is 0. The smallest absolute Gasteiger partial charge is 0.351 e. The van der Waals surface area contributed by atoms with Crippen molar-refractivity contribution in [2.75, 3.05) is 7.11 Å². The van der Waals surface area contributed by atoms with Crippen LogP contribution in [0.15, 0.2) is 53.6 Å². The van der Waals surface area contributed by atoms with E-state index >= 15 is 0 Å². The van der Waals surface area contributed by atoms with Crippen LogP contribution < -0.4 is 10.4 Å². The molecule has 2 heterocycles. The Labute approximate surface area is 164 Å². The van der Waals surface area contributed by atoms with Crippen LogP contribution in [0.3, 0.4) is 0 Å². The SMILES string of the molecule is COc1cc(-n2nc(C)n(Cc3cc(F)cc(F)c3)c2=O)ccc1-c1cn[nH]c1. The number of H-pyrrole nitrogens is 1. The first kappa shape index (κ1) is 18.6. The number of hydrogen-bond acceptors (Lipinski definition) is 4. The van der Waals surface area contributed by atoms with Gasteiger partial charge in [0.2, 0.25) is 0 Å². The van der Waals surface area contributed by atoms with Gasteiger partial charge >= 0.3 is 5.69 Å². The van der Waals surface area contributed by atoms with Gasteiger partial charge in [-0.3, -0.25) is 9.67 Å². The van der Waals surface area contributed by atoms with Crippen molar-refractivity contribution in [1.29, 1.82) is 0 Å². The fourth-order valence-corrected chi connectivity index (χ4v) is 3.18. The maximum atomic E-state index is 13.5. The summed E-state index contributed by atoms with van der Waals surface area (Å²) in [5.74, 6) is -0.428. The predicted octanol–water partition coefficient (Wildman–Crippen LogP) is 3.07. The van der Waals surface area contributed by atoms with Crippen molar-refractivity contribution in [3.8, 4) is 22.6 Å². The zero-order valence-corrected chi connectivity index (χ0v) is 15.7. The van der Waals surface area contributed by atoms with E-state index in [1.165, 1.54) is 28.5 Å². The highest BCUT2D eigenvalue weighted by Crippen LogP contribution is 2.30. The lowest BCUT2D eigenvalue weighted by atomic mass is 10.1. The molecular weight excluding hydrogens is 380 g/mol. The molecule has 0 aliphatic rings. The molecule has 0 spiro atoms. The number of ether oxygens (including phenoxy) is 1. The molecule has 4 rings (SSSR count). The second-order valence-electron chi connectivity index (χ2n) is 6.48. The maximum absolute atomic E-state index is 13.5. The Bertz CT molecular complexity index is 1210. The number of aromatic nitrogens is 5. The zero-order valence-electron chi connectivity index (χ0n) is 15.7. The molecule has 0 radical (unpaired) electrons. The van der Waals surface area contributed by atoms with Crippen LogP contribution in [0, 0.1) is 18.6 Å². The molecule has 0 atom stereocenters. The van der Waals surface area contributed by atoms with Crippen molar-refractivity contribution in [2.24, 2.45) is 0 Å². The van der Waals surface area contributed by atoms with Crippen molar-refractivity contribution in [1.82, 2.24) is 24.5 Å². The van der Waals surface area contributed by atoms with E-state index in [1.807, 2.05) is 6.07 Å². The molecule has 1 N–H and O–H groups in total. The minimum Gasteiger partial charge on any atom is -0.496 e. The van der Waals surface area contributed by atoms with Crippen molar-refractivity contribution < 1.29 is 13.5 Å². The molecule has 0 unspecified atom stereocenters. The van der Waals surface area contributed by atoms with Gasteiger partial charge in [0.05, 0.1) is 25.5 Å². The minimum absolute atomic E-state index is 0.00356. The van der Waals surface area contributed by atoms with Crippen molar-refractivity contribution in [2.45, 2.75) is 13.5 Å². The quantitative estimate of drug-likeness (QED) is 0.562. The van der Waals surface area contributed by atoms with E-state index in [4.69, 9.17) is 4.74 Å². The topological polar surface area (TPSA) is 77.7 Å². The molecule has 29 heavy (non-hydrogen) atoms. The summed E-state index contributed by atoms with van der Waals surface area (Å²) in [5, 5.41) is 11.0. The predicted molar refractivity (Wildman–Crippen MR) is 102 cm³/mol. The summed E-state index contributed by atoms with van der Waals surface area (Å²) < 4.78 is 35.0. The number of aromatic amines is 1. The molecule has 9 heteroatoms. The van der Waals surface area contributed by atoms with E-state index in [1.54, 1.807) is 31.5 Å². The van der Waals surface area contributed by atoms with Gasteiger partial charge in [-0.05, 0) is 36.8 Å². The van der Waals surface area contributed by atoms with Crippen molar-refractivity contribution >= 4 is 0 Å². The van der Waals surface area contributed by atoms with Gasteiger partial charge in [-0.2, -0.15) is 14.9 Å². The van der Waals surface area contributed by atoms with Crippen molar-refractivity contribution in [3.05, 3.63) is 82.3 Å². The molecule has 2 aromatic carbocycles. The van der Waals surface area contributed by atoms with E-state index in [-0.39, 0.29) is 6.54 Å². The Kier molecular flexibility index (Phi) is 4.71. The number of benzene rings is 2. The summed E-state index contributed by atoms with van der Waals surface area (Å²) in [6.07, 6.45) is 3.40. The normalized spacial score (nSPS) is 11.0. The fraction of sp³-hybridized carbons (Fsp3) is 0.150. The van der Waals surface area contributed by atoms with E-state index < -0.39 is 17.3 Å². The number of nitrogens with one attached hydrogen (secondary N) is 1. The number of hydrogen-bond donors (Lipinski definition) is 1. The van der Waals surface area contributed by atoms with Gasteiger partial charge < -0.3 is 4.74 Å². The highest BCUT2D eigenvalue weighted by Gasteiger charge is 2.15. The van der Waals surface area contributed by atoms with Gasteiger partial charge in [-0.1, -0.05) is 0 Å². The molecule has 0 bridgehead atoms. The Morgan fingerprint density at radius 3 is 2.55 bits per heavy atom. The molecule has 7 nitrogen and oxygen atoms in total. The van der Waals surface area contributed by atoms with E-state index in [9.17, 15) is 13.6 Å². The third-order valence-corrected chi connectivity index (χ3v) is 4.55. The third-order valence-electron chi connectivity index (χ3n) is 4.55. The summed E-state index contributed by atoms with van der Waals surface area (Å²) in [6, 6.07) is 8.41. The summed E-state index contributed by atoms with van der Waals surface area (Å²) in [4.78, 5) is 12.9. The summed E-state index contributed by atoms with van der Waals surface area (Å²) in [6.45, 7) is 1.66.